The van der Waals surface area contributed by atoms with E-state index >= 15 is 0 Å². The molecule has 126 valence electrons. The molecule has 2 aromatic rings. The minimum absolute atomic E-state index is 0. The molecule has 3 N–H and O–H groups in total. The van der Waals surface area contributed by atoms with Gasteiger partial charge in [0.2, 0.25) is 5.91 Å². The number of nitrogens with two attached hydrogens (primary N) is 1. The van der Waals surface area contributed by atoms with Crippen molar-refractivity contribution in [2.75, 3.05) is 0 Å². The first-order valence-corrected chi connectivity index (χ1v) is 7.63. The number of benzene rings is 1. The molecular formula is C17H25ClN4O. The Morgan fingerprint density at radius 3 is 2.74 bits per heavy atom. The van der Waals surface area contributed by atoms with Crippen molar-refractivity contribution in [3.63, 3.8) is 0 Å². The quantitative estimate of drug-likeness (QED) is 0.815. The Bertz CT molecular complexity index is 611. The number of hydrogen-bond donors (Lipinski definition) is 2. The molecule has 0 saturated carbocycles. The van der Waals surface area contributed by atoms with E-state index < -0.39 is 5.54 Å². The van der Waals surface area contributed by atoms with Gasteiger partial charge in [-0.3, -0.25) is 9.48 Å². The maximum Gasteiger partial charge on any atom is 0.240 e. The second kappa shape index (κ2) is 8.70. The fourth-order valence-electron chi connectivity index (χ4n) is 2.44. The summed E-state index contributed by atoms with van der Waals surface area (Å²) in [5, 5.41) is 7.12. The van der Waals surface area contributed by atoms with E-state index in [2.05, 4.69) is 22.5 Å². The van der Waals surface area contributed by atoms with Gasteiger partial charge in [0.25, 0.3) is 0 Å². The van der Waals surface area contributed by atoms with Crippen molar-refractivity contribution in [3.8, 4) is 0 Å². The highest BCUT2D eigenvalue weighted by Crippen LogP contribution is 2.10. The molecule has 1 aromatic heterocycles. The Labute approximate surface area is 143 Å². The summed E-state index contributed by atoms with van der Waals surface area (Å²) in [5.41, 5.74) is 7.44. The third-order valence-electron chi connectivity index (χ3n) is 3.64. The molecule has 0 aliphatic carbocycles. The van der Waals surface area contributed by atoms with Gasteiger partial charge in [-0.05, 0) is 30.5 Å². The number of rotatable bonds is 7. The molecule has 23 heavy (non-hydrogen) atoms. The van der Waals surface area contributed by atoms with Crippen LogP contribution in [0.15, 0.2) is 42.7 Å². The second-order valence-electron chi connectivity index (χ2n) is 5.87. The van der Waals surface area contributed by atoms with Crippen molar-refractivity contribution in [1.29, 1.82) is 0 Å². The van der Waals surface area contributed by atoms with Crippen LogP contribution in [-0.4, -0.2) is 21.2 Å². The Hall–Kier alpha value is -1.85. The molecule has 1 unspecified atom stereocenters. The standard InChI is InChI=1S/C17H24N4O.ClH/c1-3-8-17(2,18)16(22)19-12-14-6-4-7-15(11-14)13-21-10-5-9-20-21;/h4-7,9-11H,3,8,12-13,18H2,1-2H3,(H,19,22);1H. The molecule has 0 aliphatic heterocycles. The van der Waals surface area contributed by atoms with Gasteiger partial charge in [0.1, 0.15) is 0 Å². The minimum Gasteiger partial charge on any atom is -0.350 e. The molecule has 1 amide bonds. The van der Waals surface area contributed by atoms with Gasteiger partial charge in [-0.25, -0.2) is 0 Å². The van der Waals surface area contributed by atoms with Crippen LogP contribution in [-0.2, 0) is 17.9 Å². The molecule has 0 spiro atoms. The number of amides is 1. The number of carbonyl (C=O) groups excluding carboxylic acids is 1. The number of aromatic nitrogens is 2. The predicted octanol–water partition coefficient (Wildman–Crippen LogP) is 2.49. The first kappa shape index (κ1) is 19.2. The highest BCUT2D eigenvalue weighted by atomic mass is 35.5. The monoisotopic (exact) mass is 336 g/mol. The first-order chi connectivity index (χ1) is 10.5. The Morgan fingerprint density at radius 2 is 2.09 bits per heavy atom. The van der Waals surface area contributed by atoms with E-state index in [-0.39, 0.29) is 18.3 Å². The van der Waals surface area contributed by atoms with E-state index in [0.29, 0.717) is 13.0 Å². The summed E-state index contributed by atoms with van der Waals surface area (Å²) < 4.78 is 1.87. The van der Waals surface area contributed by atoms with Gasteiger partial charge in [-0.1, -0.05) is 37.6 Å². The fourth-order valence-corrected chi connectivity index (χ4v) is 2.44. The summed E-state index contributed by atoms with van der Waals surface area (Å²) in [5.74, 6) is -0.105. The van der Waals surface area contributed by atoms with Gasteiger partial charge >= 0.3 is 0 Å². The van der Waals surface area contributed by atoms with Crippen molar-refractivity contribution < 1.29 is 4.79 Å². The number of nitrogens with zero attached hydrogens (tertiary/aromatic N) is 2. The Morgan fingerprint density at radius 1 is 1.35 bits per heavy atom. The van der Waals surface area contributed by atoms with Gasteiger partial charge in [-0.15, -0.1) is 12.4 Å². The third kappa shape index (κ3) is 5.69. The topological polar surface area (TPSA) is 72.9 Å². The van der Waals surface area contributed by atoms with Crippen LogP contribution < -0.4 is 11.1 Å². The molecule has 1 heterocycles. The molecule has 1 aromatic carbocycles. The summed E-state index contributed by atoms with van der Waals surface area (Å²) in [6, 6.07) is 10.0. The molecule has 0 fully saturated rings. The van der Waals surface area contributed by atoms with Crippen LogP contribution in [0.3, 0.4) is 0 Å². The Kier molecular flexibility index (Phi) is 7.26. The van der Waals surface area contributed by atoms with E-state index in [1.807, 2.05) is 36.0 Å². The van der Waals surface area contributed by atoms with Crippen molar-refractivity contribution in [2.24, 2.45) is 5.73 Å². The van der Waals surface area contributed by atoms with Crippen molar-refractivity contribution >= 4 is 18.3 Å². The average molecular weight is 337 g/mol. The van der Waals surface area contributed by atoms with Crippen molar-refractivity contribution in [1.82, 2.24) is 15.1 Å². The van der Waals surface area contributed by atoms with Crippen LogP contribution in [0, 0.1) is 0 Å². The van der Waals surface area contributed by atoms with Crippen LogP contribution in [0.5, 0.6) is 0 Å². The van der Waals surface area contributed by atoms with E-state index in [0.717, 1.165) is 24.1 Å². The van der Waals surface area contributed by atoms with Crippen LogP contribution in [0.25, 0.3) is 0 Å². The lowest BCUT2D eigenvalue weighted by atomic mass is 9.96. The third-order valence-corrected chi connectivity index (χ3v) is 3.64. The van der Waals surface area contributed by atoms with Crippen LogP contribution >= 0.6 is 12.4 Å². The zero-order chi connectivity index (χ0) is 16.0. The minimum atomic E-state index is -0.804. The number of carbonyl (C=O) groups is 1. The fraction of sp³-hybridized carbons (Fsp3) is 0.412. The molecule has 6 heteroatoms. The summed E-state index contributed by atoms with van der Waals surface area (Å²) in [6.07, 6.45) is 5.26. The highest BCUT2D eigenvalue weighted by Gasteiger charge is 2.26. The molecule has 1 atom stereocenters. The number of halogens is 1. The van der Waals surface area contributed by atoms with Gasteiger partial charge in [0.15, 0.2) is 0 Å². The predicted molar refractivity (Wildman–Crippen MR) is 94.4 cm³/mol. The van der Waals surface area contributed by atoms with E-state index in [9.17, 15) is 4.79 Å². The molecular weight excluding hydrogens is 312 g/mol. The lowest BCUT2D eigenvalue weighted by Gasteiger charge is -2.22. The van der Waals surface area contributed by atoms with E-state index in [1.165, 1.54) is 0 Å². The largest absolute Gasteiger partial charge is 0.350 e. The summed E-state index contributed by atoms with van der Waals surface area (Å²) >= 11 is 0. The Balaban J connectivity index is 0.00000264. The van der Waals surface area contributed by atoms with Crippen molar-refractivity contribution in [2.45, 2.75) is 45.3 Å². The first-order valence-electron chi connectivity index (χ1n) is 7.63. The summed E-state index contributed by atoms with van der Waals surface area (Å²) in [4.78, 5) is 12.1. The normalized spacial score (nSPS) is 13.0. The molecule has 0 bridgehead atoms. The molecule has 5 nitrogen and oxygen atoms in total. The second-order valence-corrected chi connectivity index (χ2v) is 5.87. The molecule has 0 saturated heterocycles. The summed E-state index contributed by atoms with van der Waals surface area (Å²) in [6.45, 7) is 5.01. The average Bonchev–Trinajstić information content (AvgIpc) is 2.98. The lowest BCUT2D eigenvalue weighted by molar-refractivity contribution is -0.126. The van der Waals surface area contributed by atoms with Gasteiger partial charge in [0.05, 0.1) is 12.1 Å². The lowest BCUT2D eigenvalue weighted by Crippen LogP contribution is -2.51. The van der Waals surface area contributed by atoms with Crippen LogP contribution in [0.1, 0.15) is 37.8 Å². The van der Waals surface area contributed by atoms with E-state index in [1.54, 1.807) is 13.1 Å². The van der Waals surface area contributed by atoms with Crippen LogP contribution in [0.2, 0.25) is 0 Å². The molecule has 0 aliphatic rings. The van der Waals surface area contributed by atoms with E-state index in [4.69, 9.17) is 5.73 Å². The zero-order valence-corrected chi connectivity index (χ0v) is 14.5. The SMILES string of the molecule is CCCC(C)(N)C(=O)NCc1cccc(Cn2cccn2)c1.Cl. The molecule has 0 radical (unpaired) electrons. The van der Waals surface area contributed by atoms with Gasteiger partial charge < -0.3 is 11.1 Å². The van der Waals surface area contributed by atoms with Crippen molar-refractivity contribution in [3.05, 3.63) is 53.9 Å². The number of nitrogens with one attached hydrogen (secondary N) is 1. The highest BCUT2D eigenvalue weighted by molar-refractivity contribution is 5.85. The maximum atomic E-state index is 12.1. The zero-order valence-electron chi connectivity index (χ0n) is 13.7. The molecule has 2 rings (SSSR count). The smallest absolute Gasteiger partial charge is 0.240 e. The summed E-state index contributed by atoms with van der Waals surface area (Å²) in [7, 11) is 0. The van der Waals surface area contributed by atoms with Crippen LogP contribution in [0.4, 0.5) is 0 Å². The van der Waals surface area contributed by atoms with Gasteiger partial charge in [-0.2, -0.15) is 5.10 Å². The maximum absolute atomic E-state index is 12.1. The van der Waals surface area contributed by atoms with Gasteiger partial charge in [0, 0.05) is 18.9 Å². The number of hydrogen-bond acceptors (Lipinski definition) is 3.